The Morgan fingerprint density at radius 3 is 2.91 bits per heavy atom. The minimum Gasteiger partial charge on any atom is -0.443 e. The van der Waals surface area contributed by atoms with Gasteiger partial charge in [-0.25, -0.2) is 18.7 Å². The van der Waals surface area contributed by atoms with Crippen LogP contribution in [0.2, 0.25) is 0 Å². The Hall–Kier alpha value is -3.72. The molecule has 4 saturated carbocycles. The van der Waals surface area contributed by atoms with E-state index in [0.29, 0.717) is 48.0 Å². The number of aromatic amines is 1. The summed E-state index contributed by atoms with van der Waals surface area (Å²) in [6.45, 7) is 0.317. The van der Waals surface area contributed by atoms with Gasteiger partial charge in [0.1, 0.15) is 23.9 Å². The molecule has 182 valence electrons. The Morgan fingerprint density at radius 1 is 1.37 bits per heavy atom. The number of hydrogen-bond donors (Lipinski definition) is 3. The van der Waals surface area contributed by atoms with Crippen LogP contribution in [0.25, 0.3) is 5.52 Å². The van der Waals surface area contributed by atoms with Crippen molar-refractivity contribution in [2.75, 3.05) is 12.4 Å². The van der Waals surface area contributed by atoms with E-state index in [1.165, 1.54) is 6.20 Å². The second-order valence-electron chi connectivity index (χ2n) is 9.77. The number of nitrogens with one attached hydrogen (secondary N) is 3. The first kappa shape index (κ1) is 21.8. The third-order valence-electron chi connectivity index (χ3n) is 7.32. The Kier molecular flexibility index (Phi) is 5.10. The van der Waals surface area contributed by atoms with Crippen molar-refractivity contribution in [2.24, 2.45) is 5.92 Å². The van der Waals surface area contributed by atoms with E-state index in [0.717, 1.165) is 25.2 Å². The molecule has 0 spiro atoms. The summed E-state index contributed by atoms with van der Waals surface area (Å²) in [5, 5.41) is 26.9. The van der Waals surface area contributed by atoms with Gasteiger partial charge in [0.25, 0.3) is 0 Å². The topological polar surface area (TPSA) is 142 Å². The molecule has 0 aliphatic heterocycles. The largest absolute Gasteiger partial charge is 0.443 e. The predicted molar refractivity (Wildman–Crippen MR) is 121 cm³/mol. The molecule has 35 heavy (non-hydrogen) atoms. The van der Waals surface area contributed by atoms with Crippen molar-refractivity contribution < 1.29 is 18.7 Å². The molecule has 3 N–H and O–H groups in total. The van der Waals surface area contributed by atoms with Crippen LogP contribution in [0.4, 0.5) is 20.8 Å². The minimum atomic E-state index is -1.33. The Morgan fingerprint density at radius 2 is 2.20 bits per heavy atom. The van der Waals surface area contributed by atoms with Gasteiger partial charge < -0.3 is 20.1 Å². The van der Waals surface area contributed by atoms with E-state index in [1.54, 1.807) is 17.7 Å². The van der Waals surface area contributed by atoms with Crippen molar-refractivity contribution in [3.05, 3.63) is 35.4 Å². The van der Waals surface area contributed by atoms with Crippen molar-refractivity contribution in [2.45, 2.75) is 62.4 Å². The highest BCUT2D eigenvalue weighted by Gasteiger charge is 2.58. The lowest BCUT2D eigenvalue weighted by Crippen LogP contribution is -2.68. The van der Waals surface area contributed by atoms with Gasteiger partial charge >= 0.3 is 6.09 Å². The van der Waals surface area contributed by atoms with E-state index in [9.17, 15) is 10.1 Å². The van der Waals surface area contributed by atoms with Crippen LogP contribution >= 0.6 is 0 Å². The third-order valence-corrected chi connectivity index (χ3v) is 7.32. The first-order chi connectivity index (χ1) is 16.9. The summed E-state index contributed by atoms with van der Waals surface area (Å²) < 4.78 is 27.3. The minimum absolute atomic E-state index is 0.0995. The number of alkyl carbamates (subject to hydrolysis) is 1. The van der Waals surface area contributed by atoms with E-state index >= 15 is 4.39 Å². The summed E-state index contributed by atoms with van der Waals surface area (Å²) in [6.07, 6.45) is 2.88. The van der Waals surface area contributed by atoms with Gasteiger partial charge in [0.2, 0.25) is 0 Å². The normalized spacial score (nSPS) is 28.7. The molecule has 0 saturated heterocycles. The molecule has 0 aromatic carbocycles. The number of aromatic nitrogens is 5. The highest BCUT2D eigenvalue weighted by molar-refractivity contribution is 5.73. The first-order valence-corrected chi connectivity index (χ1v) is 11.7. The molecule has 3 aromatic rings. The molecule has 0 radical (unpaired) electrons. The van der Waals surface area contributed by atoms with Crippen LogP contribution in [0.3, 0.4) is 0 Å². The van der Waals surface area contributed by atoms with E-state index in [-0.39, 0.29) is 11.2 Å². The number of anilines is 2. The number of amides is 1. The smallest absolute Gasteiger partial charge is 0.407 e. The van der Waals surface area contributed by atoms with Crippen molar-refractivity contribution in [1.29, 1.82) is 5.26 Å². The van der Waals surface area contributed by atoms with Gasteiger partial charge in [-0.05, 0) is 44.1 Å². The maximum Gasteiger partial charge on any atom is 0.407 e. The molecule has 2 bridgehead atoms. The number of carbonyl (C=O) groups is 1. The fourth-order valence-corrected chi connectivity index (χ4v) is 5.51. The van der Waals surface area contributed by atoms with Crippen LogP contribution in [0, 0.1) is 17.2 Å². The van der Waals surface area contributed by atoms with Crippen molar-refractivity contribution in [3.63, 3.8) is 0 Å². The lowest BCUT2D eigenvalue weighted by molar-refractivity contribution is -0.0532. The Labute approximate surface area is 200 Å². The molecule has 3 aromatic heterocycles. The number of rotatable bonds is 7. The molecule has 7 rings (SSSR count). The molecule has 4 aliphatic rings. The summed E-state index contributed by atoms with van der Waals surface area (Å²) in [7, 11) is 1.58. The highest BCUT2D eigenvalue weighted by Crippen LogP contribution is 2.57. The zero-order valence-electron chi connectivity index (χ0n) is 19.1. The molecule has 4 aliphatic carbocycles. The van der Waals surface area contributed by atoms with E-state index in [4.69, 9.17) is 9.47 Å². The number of fused-ring (bicyclic) bond motifs is 1. The summed E-state index contributed by atoms with van der Waals surface area (Å²) in [5.41, 5.74) is 2.02. The number of nitrogens with zero attached hydrogens (tertiary/aromatic N) is 5. The molecule has 12 heteroatoms. The summed E-state index contributed by atoms with van der Waals surface area (Å²) in [6, 6.07) is 5.54. The standard InChI is InChI=1S/C23H25FN8O3/c1-34-11-13-4-17-21(26-14(9-25)10-32(17)31-13)27-19-5-16(29-30-19)15-2-3-18(20(15)24)35-22(33)28-23-6-12(7-23)8-23/h4-5,10,12,15,18,20H,2-3,6-8,11H2,1H3,(H,28,33)(H2,26,27,29,30)/t12?,15-,18-,20+,23?/m1/s1. The van der Waals surface area contributed by atoms with E-state index in [2.05, 4.69) is 30.9 Å². The van der Waals surface area contributed by atoms with Crippen molar-refractivity contribution in [3.8, 4) is 6.07 Å². The molecule has 11 nitrogen and oxygen atoms in total. The summed E-state index contributed by atoms with van der Waals surface area (Å²) in [5.74, 6) is 1.09. The molecule has 0 unspecified atom stereocenters. The number of ether oxygens (including phenoxy) is 2. The second kappa shape index (κ2) is 8.20. The second-order valence-corrected chi connectivity index (χ2v) is 9.77. The van der Waals surface area contributed by atoms with Crippen LogP contribution in [0.1, 0.15) is 55.1 Å². The van der Waals surface area contributed by atoms with Crippen LogP contribution in [0.15, 0.2) is 18.3 Å². The average molecular weight is 481 g/mol. The van der Waals surface area contributed by atoms with Gasteiger partial charge in [0, 0.05) is 30.3 Å². The Balaban J connectivity index is 1.14. The number of H-pyrrole nitrogens is 1. The van der Waals surface area contributed by atoms with E-state index < -0.39 is 24.3 Å². The lowest BCUT2D eigenvalue weighted by atomic mass is 9.50. The predicted octanol–water partition coefficient (Wildman–Crippen LogP) is 3.08. The quantitative estimate of drug-likeness (QED) is 0.468. The number of methoxy groups -OCH3 is 1. The molecule has 1 amide bonds. The fraction of sp³-hybridized carbons (Fsp3) is 0.522. The monoisotopic (exact) mass is 480 g/mol. The summed E-state index contributed by atoms with van der Waals surface area (Å²) in [4.78, 5) is 16.6. The number of nitriles is 1. The maximum absolute atomic E-state index is 15.2. The van der Waals surface area contributed by atoms with Gasteiger partial charge in [-0.15, -0.1) is 0 Å². The lowest BCUT2D eigenvalue weighted by Gasteiger charge is -2.61. The van der Waals surface area contributed by atoms with Crippen LogP contribution in [-0.4, -0.2) is 55.8 Å². The molecule has 3 heterocycles. The van der Waals surface area contributed by atoms with Crippen LogP contribution < -0.4 is 10.6 Å². The number of hydrogen-bond acceptors (Lipinski definition) is 8. The van der Waals surface area contributed by atoms with Crippen molar-refractivity contribution in [1.82, 2.24) is 30.1 Å². The SMILES string of the molecule is COCc1cc2c(Nc3cc([C@H]4CC[C@@H](OC(=O)NC56CC(C5)C6)[C@H]4F)[nH]n3)nc(C#N)cn2n1. The molecule has 3 atom stereocenters. The molecule has 4 fully saturated rings. The molecular formula is C23H25FN8O3. The third kappa shape index (κ3) is 3.85. The van der Waals surface area contributed by atoms with E-state index in [1.807, 2.05) is 12.1 Å². The average Bonchev–Trinajstić information content (AvgIpc) is 3.49. The van der Waals surface area contributed by atoms with Crippen LogP contribution in [-0.2, 0) is 16.1 Å². The van der Waals surface area contributed by atoms with Crippen LogP contribution in [0.5, 0.6) is 0 Å². The van der Waals surface area contributed by atoms with Gasteiger partial charge in [-0.2, -0.15) is 15.5 Å². The van der Waals surface area contributed by atoms with Gasteiger partial charge in [-0.3, -0.25) is 5.10 Å². The van der Waals surface area contributed by atoms with Gasteiger partial charge in [0.05, 0.1) is 18.5 Å². The Bertz CT molecular complexity index is 1310. The number of alkyl halides is 1. The van der Waals surface area contributed by atoms with Gasteiger partial charge in [0.15, 0.2) is 17.3 Å². The fourth-order valence-electron chi connectivity index (χ4n) is 5.51. The zero-order valence-corrected chi connectivity index (χ0v) is 19.1. The maximum atomic E-state index is 15.2. The van der Waals surface area contributed by atoms with Gasteiger partial charge in [-0.1, -0.05) is 0 Å². The first-order valence-electron chi connectivity index (χ1n) is 11.7. The summed E-state index contributed by atoms with van der Waals surface area (Å²) >= 11 is 0. The molecular weight excluding hydrogens is 455 g/mol. The highest BCUT2D eigenvalue weighted by atomic mass is 19.1. The number of carbonyl (C=O) groups excluding carboxylic acids is 1. The number of halogens is 1. The van der Waals surface area contributed by atoms with Crippen molar-refractivity contribution >= 4 is 23.2 Å². The zero-order chi connectivity index (χ0) is 24.2.